The SMILES string of the molecule is CC.CC.CC.CC.CO.O=CC1OC(C2C=CC(Cl)C(Cc3ccc(OCC(F)F)cc3)C2)CC(OCc2ccccc2)[C@@H]1OCc1ccccc1.OCc1ccccc1. The van der Waals surface area contributed by atoms with Crippen LogP contribution >= 0.6 is 11.6 Å². The lowest BCUT2D eigenvalue weighted by molar-refractivity contribution is -0.209. The zero-order valence-electron chi connectivity index (χ0n) is 37.8. The van der Waals surface area contributed by atoms with Crippen LogP contribution in [0, 0.1) is 11.8 Å². The number of benzene rings is 4. The van der Waals surface area contributed by atoms with Gasteiger partial charge in [-0.15, -0.1) is 11.6 Å². The van der Waals surface area contributed by atoms with E-state index in [1.54, 1.807) is 12.1 Å². The molecule has 1 saturated heterocycles. The van der Waals surface area contributed by atoms with Crippen LogP contribution in [0.1, 0.15) is 90.5 Å². The number of allylic oxidation sites excluding steroid dienone is 1. The molecule has 2 aliphatic rings. The molecule has 4 aromatic carbocycles. The van der Waals surface area contributed by atoms with Crippen molar-refractivity contribution in [2.45, 2.75) is 131 Å². The van der Waals surface area contributed by atoms with E-state index in [0.29, 0.717) is 31.8 Å². The molecule has 1 heterocycles. The first kappa shape index (κ1) is 57.0. The molecule has 6 unspecified atom stereocenters. The molecule has 1 fully saturated rings. The van der Waals surface area contributed by atoms with Crippen molar-refractivity contribution >= 4 is 17.9 Å². The lowest BCUT2D eigenvalue weighted by Gasteiger charge is -2.43. The second-order valence-corrected chi connectivity index (χ2v) is 13.3. The van der Waals surface area contributed by atoms with Crippen molar-refractivity contribution in [3.63, 3.8) is 0 Å². The van der Waals surface area contributed by atoms with Gasteiger partial charge in [-0.3, -0.25) is 0 Å². The largest absolute Gasteiger partial charge is 0.488 e. The Morgan fingerprint density at radius 1 is 0.689 bits per heavy atom. The number of hydrogen-bond acceptors (Lipinski definition) is 7. The van der Waals surface area contributed by atoms with Crippen LogP contribution in [0.2, 0.25) is 0 Å². The second-order valence-electron chi connectivity index (χ2n) is 12.8. The molecule has 7 atom stereocenters. The van der Waals surface area contributed by atoms with Crippen LogP contribution in [0.5, 0.6) is 5.75 Å². The fraction of sp³-hybridized carbons (Fsp3) is 0.471. The number of carbonyl (C=O) groups excluding carboxylic acids is 1. The van der Waals surface area contributed by atoms with Crippen molar-refractivity contribution in [3.05, 3.63) is 150 Å². The molecular weight excluding hydrogens is 798 g/mol. The van der Waals surface area contributed by atoms with Crippen LogP contribution in [0.4, 0.5) is 8.78 Å². The number of aliphatic hydroxyl groups excluding tert-OH is 2. The van der Waals surface area contributed by atoms with E-state index >= 15 is 0 Å². The fourth-order valence-corrected chi connectivity index (χ4v) is 6.68. The smallest absolute Gasteiger partial charge is 0.272 e. The Morgan fingerprint density at radius 2 is 1.18 bits per heavy atom. The van der Waals surface area contributed by atoms with Crippen molar-refractivity contribution in [1.82, 2.24) is 0 Å². The average molecular weight is 872 g/mol. The molecule has 2 N–H and O–H groups in total. The summed E-state index contributed by atoms with van der Waals surface area (Å²) in [6.45, 7) is 16.3. The zero-order chi connectivity index (χ0) is 45.8. The lowest BCUT2D eigenvalue weighted by Crippen LogP contribution is -2.53. The summed E-state index contributed by atoms with van der Waals surface area (Å²) in [5.41, 5.74) is 4.06. The summed E-state index contributed by atoms with van der Waals surface area (Å²) in [6.07, 6.45) is 2.55. The molecule has 7 nitrogen and oxygen atoms in total. The summed E-state index contributed by atoms with van der Waals surface area (Å²) < 4.78 is 49.2. The minimum Gasteiger partial charge on any atom is -0.488 e. The van der Waals surface area contributed by atoms with E-state index in [9.17, 15) is 13.6 Å². The molecule has 0 amide bonds. The third kappa shape index (κ3) is 22.1. The Labute approximate surface area is 371 Å². The van der Waals surface area contributed by atoms with Crippen LogP contribution < -0.4 is 4.74 Å². The molecule has 1 aliphatic carbocycles. The Morgan fingerprint density at radius 3 is 1.64 bits per heavy atom. The minimum absolute atomic E-state index is 0.0361. The number of ether oxygens (including phenoxy) is 4. The molecule has 10 heteroatoms. The van der Waals surface area contributed by atoms with Crippen LogP contribution in [-0.4, -0.2) is 66.4 Å². The van der Waals surface area contributed by atoms with Gasteiger partial charge in [-0.25, -0.2) is 8.78 Å². The van der Waals surface area contributed by atoms with Gasteiger partial charge in [-0.1, -0.05) is 171 Å². The van der Waals surface area contributed by atoms with E-state index in [-0.39, 0.29) is 36.0 Å². The number of rotatable bonds is 14. The molecule has 0 saturated carbocycles. The number of aliphatic hydroxyl groups is 2. The third-order valence-electron chi connectivity index (χ3n) is 9.08. The monoisotopic (exact) mass is 871 g/mol. The maximum absolute atomic E-state index is 12.5. The molecule has 61 heavy (non-hydrogen) atoms. The van der Waals surface area contributed by atoms with Gasteiger partial charge in [0.15, 0.2) is 6.29 Å². The van der Waals surface area contributed by atoms with Gasteiger partial charge in [0.2, 0.25) is 0 Å². The summed E-state index contributed by atoms with van der Waals surface area (Å²) in [5, 5.41) is 15.4. The maximum Gasteiger partial charge on any atom is 0.272 e. The Bertz CT molecular complexity index is 1600. The summed E-state index contributed by atoms with van der Waals surface area (Å²) in [7, 11) is 1.00. The zero-order valence-corrected chi connectivity index (χ0v) is 38.6. The van der Waals surface area contributed by atoms with Gasteiger partial charge in [0.1, 0.15) is 24.6 Å². The van der Waals surface area contributed by atoms with E-state index in [2.05, 4.69) is 6.08 Å². The highest BCUT2D eigenvalue weighted by molar-refractivity contribution is 6.22. The topological polar surface area (TPSA) is 94.5 Å². The summed E-state index contributed by atoms with van der Waals surface area (Å²) >= 11 is 6.74. The number of hydrogen-bond donors (Lipinski definition) is 2. The van der Waals surface area contributed by atoms with Crippen molar-refractivity contribution in [3.8, 4) is 5.75 Å². The van der Waals surface area contributed by atoms with Crippen LogP contribution in [0.25, 0.3) is 0 Å². The second kappa shape index (κ2) is 36.7. The molecular formula is C51H73ClF2O7. The first-order valence-corrected chi connectivity index (χ1v) is 22.2. The number of carbonyl (C=O) groups is 1. The highest BCUT2D eigenvalue weighted by Crippen LogP contribution is 2.38. The summed E-state index contributed by atoms with van der Waals surface area (Å²) in [4.78, 5) is 12.3. The Balaban J connectivity index is 0.00000171. The summed E-state index contributed by atoms with van der Waals surface area (Å²) in [6, 6.07) is 36.5. The van der Waals surface area contributed by atoms with Crippen molar-refractivity contribution in [2.75, 3.05) is 13.7 Å². The van der Waals surface area contributed by atoms with E-state index in [4.69, 9.17) is 40.8 Å². The molecule has 0 bridgehead atoms. The number of halogens is 3. The molecule has 6 rings (SSSR count). The highest BCUT2D eigenvalue weighted by atomic mass is 35.5. The molecule has 1 aliphatic heterocycles. The van der Waals surface area contributed by atoms with E-state index < -0.39 is 25.2 Å². The fourth-order valence-electron chi connectivity index (χ4n) is 6.41. The van der Waals surface area contributed by atoms with Gasteiger partial charge in [0.05, 0.1) is 37.4 Å². The van der Waals surface area contributed by atoms with Crippen molar-refractivity contribution in [1.29, 1.82) is 0 Å². The van der Waals surface area contributed by atoms with Gasteiger partial charge in [0.25, 0.3) is 6.43 Å². The average Bonchev–Trinajstić information content (AvgIpc) is 3.34. The van der Waals surface area contributed by atoms with E-state index in [0.717, 1.165) is 42.1 Å². The predicted molar refractivity (Wildman–Crippen MR) is 247 cm³/mol. The maximum atomic E-state index is 12.5. The van der Waals surface area contributed by atoms with Crippen LogP contribution in [-0.2, 0) is 45.2 Å². The first-order valence-electron chi connectivity index (χ1n) is 21.8. The molecule has 0 radical (unpaired) electrons. The van der Waals surface area contributed by atoms with Crippen LogP contribution in [0.15, 0.2) is 127 Å². The van der Waals surface area contributed by atoms with E-state index in [1.165, 1.54) is 0 Å². The molecule has 340 valence electrons. The number of alkyl halides is 3. The molecule has 0 aromatic heterocycles. The van der Waals surface area contributed by atoms with Gasteiger partial charge < -0.3 is 34.0 Å². The highest BCUT2D eigenvalue weighted by Gasteiger charge is 2.43. The molecule has 0 spiro atoms. The van der Waals surface area contributed by atoms with Gasteiger partial charge in [-0.05, 0) is 53.1 Å². The minimum atomic E-state index is -2.52. The van der Waals surface area contributed by atoms with Gasteiger partial charge in [-0.2, -0.15) is 0 Å². The predicted octanol–water partition coefficient (Wildman–Crippen LogP) is 12.1. The molecule has 4 aromatic rings. The van der Waals surface area contributed by atoms with Gasteiger partial charge >= 0.3 is 0 Å². The lowest BCUT2D eigenvalue weighted by atomic mass is 9.78. The Hall–Kier alpha value is -3.96. The Kier molecular flexibility index (Phi) is 34.3. The van der Waals surface area contributed by atoms with Crippen LogP contribution in [0.3, 0.4) is 0 Å². The van der Waals surface area contributed by atoms with Gasteiger partial charge in [0, 0.05) is 19.4 Å². The normalized spacial score (nSPS) is 20.9. The quantitative estimate of drug-likeness (QED) is 0.0740. The number of aldehydes is 1. The standard InChI is InChI=1S/C35H37ClF2O5.C7H8O.4C2H6.CH4O/c36-30-16-13-27(18-28(30)17-24-11-14-29(15-12-24)40-23-34(37)38)31-19-32(41-21-25-7-3-1-4-8-25)35(33(20-39)43-31)42-22-26-9-5-2-6-10-26;8-6-7-4-2-1-3-5-7;5*1-2/h1-16,20,27-28,30-35H,17-19,21-23H2;1-5,8H,6H2;4*1-2H3;2H,1H3/t27?,28?,30?,31?,32?,33?,35-;;;;;;/m0....../s1. The summed E-state index contributed by atoms with van der Waals surface area (Å²) in [5.74, 6) is 0.571. The van der Waals surface area contributed by atoms with Crippen molar-refractivity contribution < 1.29 is 42.7 Å². The first-order chi connectivity index (χ1) is 29.9. The van der Waals surface area contributed by atoms with E-state index in [1.807, 2.05) is 165 Å². The third-order valence-corrected chi connectivity index (χ3v) is 9.58. The van der Waals surface area contributed by atoms with Crippen molar-refractivity contribution in [2.24, 2.45) is 11.8 Å².